The Morgan fingerprint density at radius 1 is 0.680 bits per heavy atom. The molecule has 4 aliphatic heterocycles. The van der Waals surface area contributed by atoms with Crippen molar-refractivity contribution in [2.75, 3.05) is 13.2 Å². The van der Waals surface area contributed by atoms with Crippen molar-refractivity contribution in [2.45, 2.75) is 140 Å². The van der Waals surface area contributed by atoms with Gasteiger partial charge in [0.2, 0.25) is 0 Å². The minimum atomic E-state index is -0.679. The van der Waals surface area contributed by atoms with Crippen molar-refractivity contribution in [3.8, 4) is 0 Å². The molecule has 276 valence electrons. The molecule has 6 rings (SSSR count). The van der Waals surface area contributed by atoms with E-state index < -0.39 is 23.8 Å². The summed E-state index contributed by atoms with van der Waals surface area (Å²) in [6.07, 6.45) is 5.18. The van der Waals surface area contributed by atoms with Gasteiger partial charge >= 0.3 is 0 Å². The van der Waals surface area contributed by atoms with Crippen LogP contribution < -0.4 is 0 Å². The first-order valence-corrected chi connectivity index (χ1v) is 18.1. The van der Waals surface area contributed by atoms with Gasteiger partial charge in [-0.3, -0.25) is 0 Å². The number of ether oxygens (including phenoxy) is 8. The molecule has 4 aliphatic rings. The summed E-state index contributed by atoms with van der Waals surface area (Å²) in [5.41, 5.74) is 2.25. The van der Waals surface area contributed by atoms with Gasteiger partial charge in [0.1, 0.15) is 12.2 Å². The molecule has 2 unspecified atom stereocenters. The first kappa shape index (κ1) is 38.8. The van der Waals surface area contributed by atoms with Crippen molar-refractivity contribution in [2.24, 2.45) is 5.92 Å². The maximum Gasteiger partial charge on any atom is 0.163 e. The third-order valence-corrected chi connectivity index (χ3v) is 9.75. The molecule has 0 amide bonds. The van der Waals surface area contributed by atoms with Crippen LogP contribution in [-0.2, 0) is 51.1 Å². The fraction of sp³-hybridized carbons (Fsp3) is 0.610. The van der Waals surface area contributed by atoms with E-state index in [9.17, 15) is 5.11 Å². The molecule has 1 N–H and O–H groups in total. The summed E-state index contributed by atoms with van der Waals surface area (Å²) < 4.78 is 47.9. The lowest BCUT2D eigenvalue weighted by atomic mass is 9.94. The highest BCUT2D eigenvalue weighted by Gasteiger charge is 2.47. The number of hydrogen-bond donors (Lipinski definition) is 1. The Hall–Kier alpha value is -2.44. The van der Waals surface area contributed by atoms with E-state index in [1.807, 2.05) is 82.3 Å². The lowest BCUT2D eigenvalue weighted by Crippen LogP contribution is -2.37. The van der Waals surface area contributed by atoms with Crippen molar-refractivity contribution in [3.63, 3.8) is 0 Å². The molecule has 4 saturated heterocycles. The normalized spacial score (nSPS) is 34.3. The van der Waals surface area contributed by atoms with E-state index in [4.69, 9.17) is 37.9 Å². The molecule has 0 aromatic heterocycles. The smallest absolute Gasteiger partial charge is 0.163 e. The van der Waals surface area contributed by atoms with E-state index in [0.29, 0.717) is 45.2 Å². The van der Waals surface area contributed by atoms with Crippen LogP contribution in [0.3, 0.4) is 0 Å². The number of rotatable bonds is 14. The zero-order chi connectivity index (χ0) is 35.7. The van der Waals surface area contributed by atoms with Crippen LogP contribution in [-0.4, -0.2) is 84.8 Å². The molecule has 2 aromatic carbocycles. The van der Waals surface area contributed by atoms with Crippen LogP contribution in [0, 0.1) is 5.92 Å². The number of benzene rings is 2. The monoisotopic (exact) mass is 694 g/mol. The summed E-state index contributed by atoms with van der Waals surface area (Å²) in [6.45, 7) is 19.7. The Morgan fingerprint density at radius 2 is 1.12 bits per heavy atom. The molecule has 0 saturated carbocycles. The molecule has 0 spiro atoms. The van der Waals surface area contributed by atoms with Gasteiger partial charge < -0.3 is 43.0 Å². The molecule has 0 radical (unpaired) electrons. The van der Waals surface area contributed by atoms with E-state index >= 15 is 0 Å². The van der Waals surface area contributed by atoms with Gasteiger partial charge in [-0.25, -0.2) is 0 Å². The second-order valence-electron chi connectivity index (χ2n) is 14.7. The van der Waals surface area contributed by atoms with Crippen molar-refractivity contribution in [1.29, 1.82) is 0 Å². The summed E-state index contributed by atoms with van der Waals surface area (Å²) in [4.78, 5) is 0. The summed E-state index contributed by atoms with van der Waals surface area (Å²) in [7, 11) is 0. The quantitative estimate of drug-likeness (QED) is 0.212. The Balaban J connectivity index is 0.000000194. The molecular formula is C41H58O9. The molecule has 4 heterocycles. The van der Waals surface area contributed by atoms with E-state index in [1.165, 1.54) is 5.56 Å². The summed E-state index contributed by atoms with van der Waals surface area (Å²) in [6, 6.07) is 20.2. The maximum absolute atomic E-state index is 10.6. The van der Waals surface area contributed by atoms with Gasteiger partial charge in [0.15, 0.2) is 11.6 Å². The fourth-order valence-corrected chi connectivity index (χ4v) is 7.24. The van der Waals surface area contributed by atoms with E-state index in [1.54, 1.807) is 6.08 Å². The molecule has 0 bridgehead atoms. The van der Waals surface area contributed by atoms with Crippen molar-refractivity contribution < 1.29 is 43.0 Å². The fourth-order valence-electron chi connectivity index (χ4n) is 7.24. The third-order valence-electron chi connectivity index (χ3n) is 9.75. The van der Waals surface area contributed by atoms with E-state index in [0.717, 1.165) is 18.4 Å². The predicted octanol–water partition coefficient (Wildman–Crippen LogP) is 6.91. The second kappa shape index (κ2) is 17.9. The Labute approximate surface area is 298 Å². The van der Waals surface area contributed by atoms with Crippen LogP contribution in [0.2, 0.25) is 0 Å². The van der Waals surface area contributed by atoms with Crippen LogP contribution in [0.4, 0.5) is 0 Å². The third kappa shape index (κ3) is 10.8. The van der Waals surface area contributed by atoms with Crippen LogP contribution in [0.25, 0.3) is 0 Å². The minimum Gasteiger partial charge on any atom is -0.388 e. The van der Waals surface area contributed by atoms with Crippen LogP contribution in [0.1, 0.15) is 71.4 Å². The highest BCUT2D eigenvalue weighted by Crippen LogP contribution is 2.37. The van der Waals surface area contributed by atoms with Gasteiger partial charge in [0.25, 0.3) is 0 Å². The molecule has 0 aliphatic carbocycles. The van der Waals surface area contributed by atoms with E-state index in [-0.39, 0.29) is 42.7 Å². The molecule has 10 atom stereocenters. The Bertz CT molecular complexity index is 1220. The standard InChI is InChI=1S/C21H30O4.C20H28O5/c1-5-9-18-15(2)20(22-13-16-10-7-6-8-11-16)19(24-18)12-17-14-23-21(3,4)25-17;1-4-8-16-18(21)19(22-12-14-9-6-5-7-10-14)17(24-16)11-15-13-23-20(2,3)25-15/h5-8,10-11,15,17-20H,1,9,12-14H2,2-4H3;4-7,9-10,15-19,21H,1,8,11-13H2,2-3H3/t15-,17?,18-,19+,20+;15?,16-,17+,18-,19-/m00/s1. The van der Waals surface area contributed by atoms with Gasteiger partial charge in [0.05, 0.1) is 69.2 Å². The lowest BCUT2D eigenvalue weighted by molar-refractivity contribution is -0.145. The van der Waals surface area contributed by atoms with Crippen molar-refractivity contribution in [3.05, 3.63) is 97.1 Å². The number of hydrogen-bond acceptors (Lipinski definition) is 9. The van der Waals surface area contributed by atoms with Crippen LogP contribution in [0.15, 0.2) is 86.0 Å². The molecule has 50 heavy (non-hydrogen) atoms. The van der Waals surface area contributed by atoms with Gasteiger partial charge in [-0.1, -0.05) is 79.7 Å². The van der Waals surface area contributed by atoms with Gasteiger partial charge in [-0.2, -0.15) is 0 Å². The molecular weight excluding hydrogens is 636 g/mol. The average molecular weight is 695 g/mol. The highest BCUT2D eigenvalue weighted by atomic mass is 16.7. The lowest BCUT2D eigenvalue weighted by Gasteiger charge is -2.24. The zero-order valence-corrected chi connectivity index (χ0v) is 30.5. The van der Waals surface area contributed by atoms with Gasteiger partial charge in [-0.05, 0) is 51.7 Å². The Kier molecular flexibility index (Phi) is 13.9. The average Bonchev–Trinajstić information content (AvgIpc) is 3.80. The topological polar surface area (TPSA) is 94.1 Å². The van der Waals surface area contributed by atoms with E-state index in [2.05, 4.69) is 32.2 Å². The zero-order valence-electron chi connectivity index (χ0n) is 30.5. The minimum absolute atomic E-state index is 0.0196. The van der Waals surface area contributed by atoms with Crippen molar-refractivity contribution >= 4 is 0 Å². The second-order valence-corrected chi connectivity index (χ2v) is 14.7. The van der Waals surface area contributed by atoms with Gasteiger partial charge in [-0.15, -0.1) is 13.2 Å². The Morgan fingerprint density at radius 3 is 1.58 bits per heavy atom. The molecule has 9 heteroatoms. The summed E-state index contributed by atoms with van der Waals surface area (Å²) >= 11 is 0. The number of aliphatic hydroxyl groups is 1. The predicted molar refractivity (Wildman–Crippen MR) is 191 cm³/mol. The van der Waals surface area contributed by atoms with Crippen molar-refractivity contribution in [1.82, 2.24) is 0 Å². The summed E-state index contributed by atoms with van der Waals surface area (Å²) in [5, 5.41) is 10.6. The van der Waals surface area contributed by atoms with Gasteiger partial charge in [0, 0.05) is 18.8 Å². The molecule has 2 aromatic rings. The number of aliphatic hydroxyl groups excluding tert-OH is 1. The highest BCUT2D eigenvalue weighted by molar-refractivity contribution is 5.14. The summed E-state index contributed by atoms with van der Waals surface area (Å²) in [5.74, 6) is -0.750. The molecule has 4 fully saturated rings. The first-order chi connectivity index (χ1) is 24.0. The van der Waals surface area contributed by atoms with Crippen LogP contribution >= 0.6 is 0 Å². The molecule has 9 nitrogen and oxygen atoms in total. The first-order valence-electron chi connectivity index (χ1n) is 18.1. The SMILES string of the molecule is C=CC[C@@H]1O[C@H](CC2COC(C)(C)O2)[C@H](OCc2ccccc2)[C@H]1C.C=CC[C@@H]1O[C@H](CC2COC(C)(C)O2)[C@H](OCc2ccccc2)[C@H]1O. The maximum atomic E-state index is 10.6. The largest absolute Gasteiger partial charge is 0.388 e. The van der Waals surface area contributed by atoms with Crippen LogP contribution in [0.5, 0.6) is 0 Å².